The van der Waals surface area contributed by atoms with E-state index in [-0.39, 0.29) is 22.7 Å². The Bertz CT molecular complexity index is 1030. The van der Waals surface area contributed by atoms with Crippen LogP contribution in [-0.2, 0) is 10.2 Å². The first-order valence-corrected chi connectivity index (χ1v) is 10.8. The van der Waals surface area contributed by atoms with Crippen LogP contribution in [-0.4, -0.2) is 34.7 Å². The van der Waals surface area contributed by atoms with Gasteiger partial charge in [0.25, 0.3) is 17.5 Å². The predicted octanol–water partition coefficient (Wildman–Crippen LogP) is 4.68. The highest BCUT2D eigenvalue weighted by Gasteiger charge is 2.23. The molecule has 7 nitrogen and oxygen atoms in total. The third kappa shape index (κ3) is 5.81. The fourth-order valence-corrected chi connectivity index (χ4v) is 3.63. The molecule has 32 heavy (non-hydrogen) atoms. The molecule has 2 aromatic carbocycles. The van der Waals surface area contributed by atoms with Gasteiger partial charge in [-0.1, -0.05) is 45.0 Å². The smallest absolute Gasteiger partial charge is 0.270 e. The van der Waals surface area contributed by atoms with Crippen LogP contribution in [0.2, 0.25) is 0 Å². The van der Waals surface area contributed by atoms with E-state index in [4.69, 9.17) is 0 Å². The van der Waals surface area contributed by atoms with Crippen LogP contribution in [0.25, 0.3) is 6.08 Å². The van der Waals surface area contributed by atoms with Gasteiger partial charge < -0.3 is 10.2 Å². The van der Waals surface area contributed by atoms with Crippen LogP contribution < -0.4 is 5.32 Å². The molecule has 1 aliphatic heterocycles. The largest absolute Gasteiger partial charge is 0.337 e. The molecule has 0 bridgehead atoms. The van der Waals surface area contributed by atoms with Crippen molar-refractivity contribution < 1.29 is 14.5 Å². The Morgan fingerprint density at radius 2 is 1.69 bits per heavy atom. The molecular formula is C25H29N3O4. The molecular weight excluding hydrogens is 406 g/mol. The van der Waals surface area contributed by atoms with E-state index >= 15 is 0 Å². The molecule has 3 rings (SSSR count). The SMILES string of the molecule is CC(C)(C)c1ccc(C(=O)NC(=Cc2cccc([N+](=O)[O-])c2)C(=O)N2CCCCC2)cc1. The molecule has 0 aromatic heterocycles. The molecule has 0 atom stereocenters. The van der Waals surface area contributed by atoms with Gasteiger partial charge in [0.15, 0.2) is 0 Å². The van der Waals surface area contributed by atoms with Gasteiger partial charge in [0, 0.05) is 30.8 Å². The van der Waals surface area contributed by atoms with E-state index < -0.39 is 10.8 Å². The molecule has 1 heterocycles. The number of non-ortho nitro benzene ring substituents is 1. The Morgan fingerprint density at radius 1 is 1.03 bits per heavy atom. The summed E-state index contributed by atoms with van der Waals surface area (Å²) in [5.41, 5.74) is 2.01. The lowest BCUT2D eigenvalue weighted by atomic mass is 9.86. The quantitative estimate of drug-likeness (QED) is 0.419. The van der Waals surface area contributed by atoms with Gasteiger partial charge in [-0.3, -0.25) is 19.7 Å². The zero-order chi connectivity index (χ0) is 23.3. The van der Waals surface area contributed by atoms with Gasteiger partial charge in [0.05, 0.1) is 4.92 Å². The van der Waals surface area contributed by atoms with Crippen molar-refractivity contribution in [2.75, 3.05) is 13.1 Å². The minimum absolute atomic E-state index is 0.0354. The minimum Gasteiger partial charge on any atom is -0.337 e. The first kappa shape index (κ1) is 23.2. The summed E-state index contributed by atoms with van der Waals surface area (Å²) in [5.74, 6) is -0.677. The highest BCUT2D eigenvalue weighted by atomic mass is 16.6. The topological polar surface area (TPSA) is 92.5 Å². The number of hydrogen-bond donors (Lipinski definition) is 1. The minimum atomic E-state index is -0.487. The highest BCUT2D eigenvalue weighted by Crippen LogP contribution is 2.22. The van der Waals surface area contributed by atoms with E-state index in [1.165, 1.54) is 18.2 Å². The zero-order valence-corrected chi connectivity index (χ0v) is 18.8. The van der Waals surface area contributed by atoms with Crippen molar-refractivity contribution in [3.8, 4) is 0 Å². The van der Waals surface area contributed by atoms with Gasteiger partial charge >= 0.3 is 0 Å². The van der Waals surface area contributed by atoms with Crippen LogP contribution in [0.15, 0.2) is 54.2 Å². The predicted molar refractivity (Wildman–Crippen MR) is 124 cm³/mol. The summed E-state index contributed by atoms with van der Waals surface area (Å²) in [6.45, 7) is 7.54. The summed E-state index contributed by atoms with van der Waals surface area (Å²) in [7, 11) is 0. The molecule has 2 aromatic rings. The number of nitro benzene ring substituents is 1. The van der Waals surface area contributed by atoms with Gasteiger partial charge in [0.1, 0.15) is 5.70 Å². The monoisotopic (exact) mass is 435 g/mol. The fourth-order valence-electron chi connectivity index (χ4n) is 3.63. The molecule has 0 radical (unpaired) electrons. The highest BCUT2D eigenvalue weighted by molar-refractivity contribution is 6.05. The maximum atomic E-state index is 13.2. The summed E-state index contributed by atoms with van der Waals surface area (Å²) in [4.78, 5) is 38.5. The summed E-state index contributed by atoms with van der Waals surface area (Å²) in [6, 6.07) is 13.3. The van der Waals surface area contributed by atoms with Gasteiger partial charge in [0.2, 0.25) is 0 Å². The lowest BCUT2D eigenvalue weighted by molar-refractivity contribution is -0.384. The number of carbonyl (C=O) groups excluding carboxylic acids is 2. The van der Waals surface area contributed by atoms with Crippen molar-refractivity contribution in [2.24, 2.45) is 0 Å². The number of nitro groups is 1. The van der Waals surface area contributed by atoms with Crippen LogP contribution in [0.4, 0.5) is 5.69 Å². The Kier molecular flexibility index (Phi) is 7.08. The first-order chi connectivity index (χ1) is 15.1. The van der Waals surface area contributed by atoms with Crippen LogP contribution >= 0.6 is 0 Å². The van der Waals surface area contributed by atoms with Crippen molar-refractivity contribution in [3.63, 3.8) is 0 Å². The standard InChI is InChI=1S/C25H29N3O4/c1-25(2,3)20-12-10-19(11-13-20)23(29)26-22(24(30)27-14-5-4-6-15-27)17-18-8-7-9-21(16-18)28(31)32/h7-13,16-17H,4-6,14-15H2,1-3H3,(H,26,29). The van der Waals surface area contributed by atoms with Gasteiger partial charge in [-0.25, -0.2) is 0 Å². The molecule has 1 saturated heterocycles. The molecule has 168 valence electrons. The molecule has 0 saturated carbocycles. The van der Waals surface area contributed by atoms with E-state index in [9.17, 15) is 19.7 Å². The number of hydrogen-bond acceptors (Lipinski definition) is 4. The number of piperidine rings is 1. The maximum Gasteiger partial charge on any atom is 0.270 e. The Morgan fingerprint density at radius 3 is 2.28 bits per heavy atom. The lowest BCUT2D eigenvalue weighted by Crippen LogP contribution is -2.41. The average molecular weight is 436 g/mol. The van der Waals surface area contributed by atoms with Crippen molar-refractivity contribution in [1.29, 1.82) is 0 Å². The fraction of sp³-hybridized carbons (Fsp3) is 0.360. The Hall–Kier alpha value is -3.48. The van der Waals surface area contributed by atoms with Crippen molar-refractivity contribution >= 4 is 23.6 Å². The lowest BCUT2D eigenvalue weighted by Gasteiger charge is -2.27. The third-order valence-corrected chi connectivity index (χ3v) is 5.53. The molecule has 1 aliphatic rings. The molecule has 1 fully saturated rings. The molecule has 2 amide bonds. The van der Waals surface area contributed by atoms with Crippen LogP contribution in [0.3, 0.4) is 0 Å². The van der Waals surface area contributed by atoms with E-state index in [1.54, 1.807) is 29.2 Å². The Balaban J connectivity index is 1.89. The van der Waals surface area contributed by atoms with Gasteiger partial charge in [-0.05, 0) is 54.0 Å². The van der Waals surface area contributed by atoms with Crippen LogP contribution in [0, 0.1) is 10.1 Å². The number of benzene rings is 2. The number of nitrogens with one attached hydrogen (secondary N) is 1. The van der Waals surface area contributed by atoms with E-state index in [0.29, 0.717) is 24.2 Å². The van der Waals surface area contributed by atoms with Crippen LogP contribution in [0.5, 0.6) is 0 Å². The van der Waals surface area contributed by atoms with Gasteiger partial charge in [-0.15, -0.1) is 0 Å². The summed E-state index contributed by atoms with van der Waals surface area (Å²) in [6.07, 6.45) is 4.40. The second-order valence-electron chi connectivity index (χ2n) is 9.04. The number of rotatable bonds is 5. The zero-order valence-electron chi connectivity index (χ0n) is 18.8. The molecule has 1 N–H and O–H groups in total. The van der Waals surface area contributed by atoms with Gasteiger partial charge in [-0.2, -0.15) is 0 Å². The number of amides is 2. The second kappa shape index (κ2) is 9.77. The average Bonchev–Trinajstić information content (AvgIpc) is 2.78. The molecule has 0 spiro atoms. The Labute approximate surface area is 188 Å². The van der Waals surface area contributed by atoms with Crippen molar-refractivity contribution in [1.82, 2.24) is 10.2 Å². The maximum absolute atomic E-state index is 13.2. The first-order valence-electron chi connectivity index (χ1n) is 10.8. The van der Waals surface area contributed by atoms with E-state index in [2.05, 4.69) is 26.1 Å². The summed E-state index contributed by atoms with van der Waals surface area (Å²) >= 11 is 0. The number of likely N-dealkylation sites (tertiary alicyclic amines) is 1. The van der Waals surface area contributed by atoms with E-state index in [0.717, 1.165) is 24.8 Å². The number of nitrogens with zero attached hydrogens (tertiary/aromatic N) is 2. The number of carbonyl (C=O) groups is 2. The van der Waals surface area contributed by atoms with E-state index in [1.807, 2.05) is 12.1 Å². The summed E-state index contributed by atoms with van der Waals surface area (Å²) < 4.78 is 0. The van der Waals surface area contributed by atoms with Crippen LogP contribution in [0.1, 0.15) is 61.5 Å². The molecule has 7 heteroatoms. The second-order valence-corrected chi connectivity index (χ2v) is 9.04. The normalized spacial score (nSPS) is 14.7. The van der Waals surface area contributed by atoms with Crippen molar-refractivity contribution in [2.45, 2.75) is 45.4 Å². The third-order valence-electron chi connectivity index (χ3n) is 5.53. The van der Waals surface area contributed by atoms with Crippen molar-refractivity contribution in [3.05, 3.63) is 81.0 Å². The molecule has 0 aliphatic carbocycles. The summed E-state index contributed by atoms with van der Waals surface area (Å²) in [5, 5.41) is 13.9. The molecule has 0 unspecified atom stereocenters.